The molecule has 0 aromatic carbocycles. The fourth-order valence-electron chi connectivity index (χ4n) is 0.610. The molecule has 0 N–H and O–H groups in total. The monoisotopic (exact) mass is 153 g/mol. The van der Waals surface area contributed by atoms with Gasteiger partial charge in [0.2, 0.25) is 7.65 Å². The molecule has 48 valence electrons. The van der Waals surface area contributed by atoms with E-state index in [9.17, 15) is 0 Å². The standard InChI is InChI=1S/C4H9ClNOP/c1-6-3-2-4-7-8(6)5/h2-4H2,1H3. The topological polar surface area (TPSA) is 12.5 Å². The van der Waals surface area contributed by atoms with E-state index in [4.69, 9.17) is 15.8 Å². The maximum atomic E-state index is 5.74. The van der Waals surface area contributed by atoms with Crippen molar-refractivity contribution >= 4 is 18.9 Å². The third-order valence-corrected chi connectivity index (χ3v) is 3.29. The van der Waals surface area contributed by atoms with Crippen LogP contribution in [0.5, 0.6) is 0 Å². The van der Waals surface area contributed by atoms with Gasteiger partial charge in [-0.2, -0.15) is 0 Å². The van der Waals surface area contributed by atoms with Gasteiger partial charge in [-0.05, 0) is 24.7 Å². The molecule has 1 rings (SSSR count). The number of hydrogen-bond donors (Lipinski definition) is 0. The Balaban J connectivity index is 2.28. The minimum atomic E-state index is -0.747. The highest BCUT2D eigenvalue weighted by Crippen LogP contribution is 2.47. The summed E-state index contributed by atoms with van der Waals surface area (Å²) in [7, 11) is 1.24. The molecular formula is C4H9ClNOP. The molecule has 0 spiro atoms. The normalized spacial score (nSPS) is 33.0. The molecule has 1 aliphatic heterocycles. The Morgan fingerprint density at radius 1 is 1.75 bits per heavy atom. The summed E-state index contributed by atoms with van der Waals surface area (Å²) < 4.78 is 7.19. The summed E-state index contributed by atoms with van der Waals surface area (Å²) in [6, 6.07) is 0. The Morgan fingerprint density at radius 3 is 2.88 bits per heavy atom. The molecule has 0 amide bonds. The zero-order chi connectivity index (χ0) is 5.98. The molecule has 0 aliphatic carbocycles. The maximum absolute atomic E-state index is 5.74. The number of rotatable bonds is 0. The van der Waals surface area contributed by atoms with Gasteiger partial charge in [-0.15, -0.1) is 0 Å². The van der Waals surface area contributed by atoms with Crippen LogP contribution >= 0.6 is 18.9 Å². The van der Waals surface area contributed by atoms with E-state index in [2.05, 4.69) is 0 Å². The molecule has 2 nitrogen and oxygen atoms in total. The predicted octanol–water partition coefficient (Wildman–Crippen LogP) is 1.80. The van der Waals surface area contributed by atoms with Crippen molar-refractivity contribution < 1.29 is 4.52 Å². The van der Waals surface area contributed by atoms with Crippen LogP contribution in [0.25, 0.3) is 0 Å². The van der Waals surface area contributed by atoms with Gasteiger partial charge in [-0.3, -0.25) is 4.67 Å². The Hall–Kier alpha value is 0.640. The summed E-state index contributed by atoms with van der Waals surface area (Å²) >= 11 is 5.74. The molecule has 1 atom stereocenters. The highest BCUT2D eigenvalue weighted by Gasteiger charge is 2.16. The van der Waals surface area contributed by atoms with Gasteiger partial charge < -0.3 is 4.52 Å². The smallest absolute Gasteiger partial charge is 0.206 e. The highest BCUT2D eigenvalue weighted by molar-refractivity contribution is 7.78. The van der Waals surface area contributed by atoms with Crippen molar-refractivity contribution in [2.75, 3.05) is 20.2 Å². The molecule has 0 aromatic rings. The summed E-state index contributed by atoms with van der Waals surface area (Å²) in [5.74, 6) is 0. The molecule has 0 radical (unpaired) electrons. The van der Waals surface area contributed by atoms with E-state index >= 15 is 0 Å². The first-order chi connectivity index (χ1) is 3.80. The first-order valence-corrected chi connectivity index (χ1v) is 4.72. The minimum Gasteiger partial charge on any atom is -0.331 e. The van der Waals surface area contributed by atoms with Crippen LogP contribution in [0.2, 0.25) is 0 Å². The van der Waals surface area contributed by atoms with E-state index in [0.717, 1.165) is 19.6 Å². The lowest BCUT2D eigenvalue weighted by Crippen LogP contribution is -2.19. The number of nitrogens with zero attached hydrogens (tertiary/aromatic N) is 1. The SMILES string of the molecule is CN1CCCOP1Cl. The second-order valence-electron chi connectivity index (χ2n) is 1.79. The predicted molar refractivity (Wildman–Crippen MR) is 36.0 cm³/mol. The van der Waals surface area contributed by atoms with Crippen LogP contribution in [0.3, 0.4) is 0 Å². The molecule has 4 heteroatoms. The minimum absolute atomic E-state index is 0.747. The quantitative estimate of drug-likeness (QED) is 0.492. The van der Waals surface area contributed by atoms with E-state index in [0.29, 0.717) is 0 Å². The van der Waals surface area contributed by atoms with Gasteiger partial charge in [0.1, 0.15) is 0 Å². The second kappa shape index (κ2) is 2.98. The lowest BCUT2D eigenvalue weighted by Gasteiger charge is -2.25. The largest absolute Gasteiger partial charge is 0.331 e. The molecule has 0 bridgehead atoms. The van der Waals surface area contributed by atoms with E-state index in [1.807, 2.05) is 11.7 Å². The van der Waals surface area contributed by atoms with Crippen molar-refractivity contribution in [3.8, 4) is 0 Å². The fraction of sp³-hybridized carbons (Fsp3) is 1.00. The van der Waals surface area contributed by atoms with E-state index in [1.54, 1.807) is 0 Å². The Kier molecular flexibility index (Phi) is 2.51. The average Bonchev–Trinajstić information content (AvgIpc) is 1.77. The molecule has 1 aliphatic rings. The van der Waals surface area contributed by atoms with E-state index in [1.165, 1.54) is 0 Å². The molecule has 1 saturated heterocycles. The van der Waals surface area contributed by atoms with Crippen LogP contribution in [0.4, 0.5) is 0 Å². The van der Waals surface area contributed by atoms with Crippen molar-refractivity contribution in [1.82, 2.24) is 4.67 Å². The summed E-state index contributed by atoms with van der Waals surface area (Å²) in [5, 5.41) is 0. The van der Waals surface area contributed by atoms with Crippen molar-refractivity contribution in [3.63, 3.8) is 0 Å². The van der Waals surface area contributed by atoms with Gasteiger partial charge in [0, 0.05) is 6.54 Å². The van der Waals surface area contributed by atoms with Gasteiger partial charge >= 0.3 is 0 Å². The Labute approximate surface area is 55.4 Å². The molecule has 0 saturated carbocycles. The lowest BCUT2D eigenvalue weighted by molar-refractivity contribution is 0.270. The molecule has 8 heavy (non-hydrogen) atoms. The molecule has 0 aromatic heterocycles. The van der Waals surface area contributed by atoms with Gasteiger partial charge in [0.25, 0.3) is 0 Å². The fourth-order valence-corrected chi connectivity index (χ4v) is 1.82. The second-order valence-corrected chi connectivity index (χ2v) is 4.06. The third-order valence-electron chi connectivity index (χ3n) is 1.09. The number of halogens is 1. The van der Waals surface area contributed by atoms with Gasteiger partial charge in [0.05, 0.1) is 6.61 Å². The Morgan fingerprint density at radius 2 is 2.50 bits per heavy atom. The van der Waals surface area contributed by atoms with Gasteiger partial charge in [-0.25, -0.2) is 0 Å². The summed E-state index contributed by atoms with van der Waals surface area (Å²) in [6.45, 7) is 1.91. The third kappa shape index (κ3) is 1.56. The zero-order valence-electron chi connectivity index (χ0n) is 4.80. The molecular weight excluding hydrogens is 144 g/mol. The highest BCUT2D eigenvalue weighted by atomic mass is 35.7. The lowest BCUT2D eigenvalue weighted by atomic mass is 10.5. The number of hydrogen-bond acceptors (Lipinski definition) is 2. The maximum Gasteiger partial charge on any atom is 0.206 e. The summed E-state index contributed by atoms with van der Waals surface area (Å²) in [4.78, 5) is 0. The average molecular weight is 154 g/mol. The van der Waals surface area contributed by atoms with Gasteiger partial charge in [-0.1, -0.05) is 0 Å². The van der Waals surface area contributed by atoms with Gasteiger partial charge in [0.15, 0.2) is 0 Å². The van der Waals surface area contributed by atoms with Crippen LogP contribution in [0.15, 0.2) is 0 Å². The van der Waals surface area contributed by atoms with Crippen molar-refractivity contribution in [1.29, 1.82) is 0 Å². The van der Waals surface area contributed by atoms with Crippen LogP contribution in [-0.4, -0.2) is 24.9 Å². The first kappa shape index (κ1) is 6.76. The first-order valence-electron chi connectivity index (χ1n) is 2.60. The molecule has 1 heterocycles. The van der Waals surface area contributed by atoms with Crippen LogP contribution in [0.1, 0.15) is 6.42 Å². The summed E-state index contributed by atoms with van der Waals surface area (Å²) in [6.07, 6.45) is 1.11. The van der Waals surface area contributed by atoms with Crippen LogP contribution < -0.4 is 0 Å². The van der Waals surface area contributed by atoms with E-state index < -0.39 is 7.65 Å². The van der Waals surface area contributed by atoms with Crippen LogP contribution in [-0.2, 0) is 4.52 Å². The summed E-state index contributed by atoms with van der Waals surface area (Å²) in [5.41, 5.74) is 0. The zero-order valence-corrected chi connectivity index (χ0v) is 6.45. The Bertz CT molecular complexity index is 72.4. The van der Waals surface area contributed by atoms with E-state index in [-0.39, 0.29) is 0 Å². The van der Waals surface area contributed by atoms with Crippen molar-refractivity contribution in [2.24, 2.45) is 0 Å². The van der Waals surface area contributed by atoms with Crippen molar-refractivity contribution in [2.45, 2.75) is 6.42 Å². The molecule has 1 unspecified atom stereocenters. The van der Waals surface area contributed by atoms with Crippen LogP contribution in [0, 0.1) is 0 Å². The molecule has 1 fully saturated rings. The van der Waals surface area contributed by atoms with Crippen molar-refractivity contribution in [3.05, 3.63) is 0 Å².